The topological polar surface area (TPSA) is 35.5 Å². The summed E-state index contributed by atoms with van der Waals surface area (Å²) < 4.78 is 11.6. The summed E-state index contributed by atoms with van der Waals surface area (Å²) in [6.07, 6.45) is 2.20. The largest absolute Gasteiger partial charge is 0.338 e. The number of ether oxygens (including phenoxy) is 2. The standard InChI is InChI=1S/C13H26O3/c1-8-9-13(10-14,15-11(2,3)4)16-12(5,6)7/h10H,8-9H2,1-7H3. The molecule has 0 aromatic heterocycles. The SMILES string of the molecule is CCCC(C=O)(OC(C)(C)C)OC(C)(C)C. The number of carbonyl (C=O) groups is 1. The number of aldehydes is 1. The first-order chi connectivity index (χ1) is 7.04. The molecule has 0 fully saturated rings. The summed E-state index contributed by atoms with van der Waals surface area (Å²) in [6, 6.07) is 0. The van der Waals surface area contributed by atoms with Crippen LogP contribution in [0.4, 0.5) is 0 Å². The molecule has 0 atom stereocenters. The molecular weight excluding hydrogens is 204 g/mol. The van der Waals surface area contributed by atoms with E-state index in [2.05, 4.69) is 0 Å². The van der Waals surface area contributed by atoms with Gasteiger partial charge in [0.2, 0.25) is 5.79 Å². The quantitative estimate of drug-likeness (QED) is 0.537. The Morgan fingerprint density at radius 2 is 1.31 bits per heavy atom. The van der Waals surface area contributed by atoms with Crippen molar-refractivity contribution in [3.8, 4) is 0 Å². The predicted octanol–water partition coefficient (Wildman–Crippen LogP) is 3.31. The molecule has 96 valence electrons. The first kappa shape index (κ1) is 15.6. The Hall–Kier alpha value is -0.410. The summed E-state index contributed by atoms with van der Waals surface area (Å²) in [6.45, 7) is 13.6. The van der Waals surface area contributed by atoms with Gasteiger partial charge >= 0.3 is 0 Å². The van der Waals surface area contributed by atoms with E-state index in [0.29, 0.717) is 6.42 Å². The van der Waals surface area contributed by atoms with Gasteiger partial charge in [0.05, 0.1) is 11.2 Å². The van der Waals surface area contributed by atoms with Crippen LogP contribution < -0.4 is 0 Å². The van der Waals surface area contributed by atoms with Gasteiger partial charge in [-0.2, -0.15) is 0 Å². The Labute approximate surface area is 99.5 Å². The molecule has 0 N–H and O–H groups in total. The van der Waals surface area contributed by atoms with Crippen LogP contribution in [0.3, 0.4) is 0 Å². The van der Waals surface area contributed by atoms with Gasteiger partial charge in [0, 0.05) is 6.42 Å². The summed E-state index contributed by atoms with van der Waals surface area (Å²) >= 11 is 0. The van der Waals surface area contributed by atoms with Crippen LogP contribution in [-0.2, 0) is 14.3 Å². The van der Waals surface area contributed by atoms with Gasteiger partial charge < -0.3 is 9.47 Å². The van der Waals surface area contributed by atoms with Crippen molar-refractivity contribution in [3.63, 3.8) is 0 Å². The van der Waals surface area contributed by atoms with Crippen molar-refractivity contribution < 1.29 is 14.3 Å². The Morgan fingerprint density at radius 1 is 0.938 bits per heavy atom. The van der Waals surface area contributed by atoms with Gasteiger partial charge in [0.15, 0.2) is 6.29 Å². The highest BCUT2D eigenvalue weighted by molar-refractivity contribution is 5.60. The number of hydrogen-bond donors (Lipinski definition) is 0. The van der Waals surface area contributed by atoms with Gasteiger partial charge in [-0.05, 0) is 41.5 Å². The van der Waals surface area contributed by atoms with Crippen LogP contribution in [0.5, 0.6) is 0 Å². The van der Waals surface area contributed by atoms with E-state index >= 15 is 0 Å². The monoisotopic (exact) mass is 230 g/mol. The Morgan fingerprint density at radius 3 is 1.50 bits per heavy atom. The second-order valence-corrected chi connectivity index (χ2v) is 6.11. The fraction of sp³-hybridized carbons (Fsp3) is 0.923. The molecule has 0 saturated carbocycles. The molecule has 0 aliphatic rings. The Bertz CT molecular complexity index is 204. The highest BCUT2D eigenvalue weighted by atomic mass is 16.7. The Balaban J connectivity index is 4.92. The minimum atomic E-state index is -1.12. The third-order valence-electron chi connectivity index (χ3n) is 1.74. The number of carbonyl (C=O) groups excluding carboxylic acids is 1. The van der Waals surface area contributed by atoms with Crippen molar-refractivity contribution in [1.82, 2.24) is 0 Å². The summed E-state index contributed by atoms with van der Waals surface area (Å²) in [5.41, 5.74) is -0.803. The average molecular weight is 230 g/mol. The minimum Gasteiger partial charge on any atom is -0.338 e. The summed E-state index contributed by atoms with van der Waals surface area (Å²) in [5.74, 6) is -1.12. The van der Waals surface area contributed by atoms with E-state index in [-0.39, 0.29) is 0 Å². The molecule has 0 bridgehead atoms. The molecule has 0 aliphatic carbocycles. The molecular formula is C13H26O3. The zero-order chi connectivity index (χ0) is 13.0. The molecule has 16 heavy (non-hydrogen) atoms. The normalized spacial score (nSPS) is 13.9. The van der Waals surface area contributed by atoms with E-state index in [0.717, 1.165) is 12.7 Å². The maximum Gasteiger partial charge on any atom is 0.226 e. The van der Waals surface area contributed by atoms with E-state index in [1.54, 1.807) is 0 Å². The predicted molar refractivity (Wildman–Crippen MR) is 65.4 cm³/mol. The van der Waals surface area contributed by atoms with Crippen molar-refractivity contribution in [2.75, 3.05) is 0 Å². The summed E-state index contributed by atoms with van der Waals surface area (Å²) in [5, 5.41) is 0. The second-order valence-electron chi connectivity index (χ2n) is 6.11. The van der Waals surface area contributed by atoms with Gasteiger partial charge in [-0.25, -0.2) is 0 Å². The maximum atomic E-state index is 11.3. The molecule has 0 rings (SSSR count). The maximum absolute atomic E-state index is 11.3. The van der Waals surface area contributed by atoms with Crippen LogP contribution in [0.25, 0.3) is 0 Å². The molecule has 0 heterocycles. The highest BCUT2D eigenvalue weighted by Gasteiger charge is 2.39. The third kappa shape index (κ3) is 6.23. The van der Waals surface area contributed by atoms with E-state index in [9.17, 15) is 4.79 Å². The number of hydrogen-bond acceptors (Lipinski definition) is 3. The van der Waals surface area contributed by atoms with Crippen molar-refractivity contribution >= 4 is 6.29 Å². The molecule has 0 aliphatic heterocycles. The lowest BCUT2D eigenvalue weighted by molar-refractivity contribution is -0.289. The van der Waals surface area contributed by atoms with Crippen LogP contribution in [-0.4, -0.2) is 23.3 Å². The molecule has 0 aromatic rings. The fourth-order valence-corrected chi connectivity index (χ4v) is 1.61. The van der Waals surface area contributed by atoms with Crippen molar-refractivity contribution in [1.29, 1.82) is 0 Å². The first-order valence-corrected chi connectivity index (χ1v) is 5.90. The lowest BCUT2D eigenvalue weighted by Crippen LogP contribution is -2.48. The molecule has 0 radical (unpaired) electrons. The smallest absolute Gasteiger partial charge is 0.226 e. The molecule has 0 aromatic carbocycles. The van der Waals surface area contributed by atoms with Crippen LogP contribution in [0.1, 0.15) is 61.3 Å². The average Bonchev–Trinajstić information content (AvgIpc) is 1.98. The molecule has 0 amide bonds. The van der Waals surface area contributed by atoms with Crippen LogP contribution in [0.2, 0.25) is 0 Å². The highest BCUT2D eigenvalue weighted by Crippen LogP contribution is 2.29. The van der Waals surface area contributed by atoms with E-state index in [4.69, 9.17) is 9.47 Å². The number of rotatable bonds is 5. The van der Waals surface area contributed by atoms with E-state index in [1.807, 2.05) is 48.5 Å². The van der Waals surface area contributed by atoms with Crippen LogP contribution in [0, 0.1) is 0 Å². The zero-order valence-corrected chi connectivity index (χ0v) is 11.7. The lowest BCUT2D eigenvalue weighted by atomic mass is 10.1. The summed E-state index contributed by atoms with van der Waals surface area (Å²) in [4.78, 5) is 11.3. The third-order valence-corrected chi connectivity index (χ3v) is 1.74. The zero-order valence-electron chi connectivity index (χ0n) is 11.7. The first-order valence-electron chi connectivity index (χ1n) is 5.90. The summed E-state index contributed by atoms with van der Waals surface area (Å²) in [7, 11) is 0. The van der Waals surface area contributed by atoms with Gasteiger partial charge in [-0.15, -0.1) is 0 Å². The molecule has 3 nitrogen and oxygen atoms in total. The van der Waals surface area contributed by atoms with Gasteiger partial charge in [0.25, 0.3) is 0 Å². The Kier molecular flexibility index (Phi) is 5.15. The van der Waals surface area contributed by atoms with Gasteiger partial charge in [-0.3, -0.25) is 4.79 Å². The van der Waals surface area contributed by atoms with Crippen molar-refractivity contribution in [2.24, 2.45) is 0 Å². The minimum absolute atomic E-state index is 0.401. The van der Waals surface area contributed by atoms with Crippen molar-refractivity contribution in [2.45, 2.75) is 78.3 Å². The molecule has 3 heteroatoms. The van der Waals surface area contributed by atoms with Crippen LogP contribution >= 0.6 is 0 Å². The second kappa shape index (κ2) is 5.28. The lowest BCUT2D eigenvalue weighted by Gasteiger charge is -2.39. The van der Waals surface area contributed by atoms with Gasteiger partial charge in [-0.1, -0.05) is 13.3 Å². The van der Waals surface area contributed by atoms with E-state index < -0.39 is 17.0 Å². The molecule has 0 saturated heterocycles. The van der Waals surface area contributed by atoms with E-state index in [1.165, 1.54) is 0 Å². The van der Waals surface area contributed by atoms with Gasteiger partial charge in [0.1, 0.15) is 0 Å². The van der Waals surface area contributed by atoms with Crippen molar-refractivity contribution in [3.05, 3.63) is 0 Å². The fourth-order valence-electron chi connectivity index (χ4n) is 1.61. The molecule has 0 unspecified atom stereocenters. The molecule has 0 spiro atoms. The van der Waals surface area contributed by atoms with Crippen LogP contribution in [0.15, 0.2) is 0 Å².